The van der Waals surface area contributed by atoms with Gasteiger partial charge in [-0.2, -0.15) is 13.5 Å². The fourth-order valence-corrected chi connectivity index (χ4v) is 2.46. The zero-order valence-electron chi connectivity index (χ0n) is 14.4. The zero-order valence-corrected chi connectivity index (χ0v) is 15.2. The second-order valence-corrected chi connectivity index (χ2v) is 7.90. The van der Waals surface area contributed by atoms with E-state index in [1.165, 1.54) is 17.9 Å². The molecule has 0 spiro atoms. The first-order valence-electron chi connectivity index (χ1n) is 7.18. The number of hydrogen-bond donors (Lipinski definition) is 0. The lowest BCUT2D eigenvalue weighted by molar-refractivity contribution is 0.00584. The highest BCUT2D eigenvalue weighted by Crippen LogP contribution is 2.28. The Kier molecular flexibility index (Phi) is 4.85. The largest absolute Gasteiger partial charge is 0.455 e. The first kappa shape index (κ1) is 18.8. The van der Waals surface area contributed by atoms with Crippen LogP contribution in [-0.2, 0) is 21.9 Å². The Bertz CT molecular complexity index is 916. The maximum absolute atomic E-state index is 14.4. The molecule has 10 heteroatoms. The first-order valence-corrected chi connectivity index (χ1v) is 9.00. The number of aromatic nitrogens is 3. The molecule has 0 aliphatic heterocycles. The summed E-state index contributed by atoms with van der Waals surface area (Å²) in [5, 5.41) is 3.95. The standard InChI is InChI=1S/C15H18FN3O5S/c1-15(2,3)23-14(20)13-10(8-18-19(13)4)12-11(16)6-9(7-17-12)24-25(5,21)22/h6-8H,1-5H3. The highest BCUT2D eigenvalue weighted by atomic mass is 32.2. The third kappa shape index (κ3) is 4.75. The molecule has 2 aromatic rings. The van der Waals surface area contributed by atoms with E-state index in [4.69, 9.17) is 4.74 Å². The quantitative estimate of drug-likeness (QED) is 0.598. The van der Waals surface area contributed by atoms with E-state index in [0.717, 1.165) is 18.5 Å². The molecule has 2 aromatic heterocycles. The molecule has 136 valence electrons. The summed E-state index contributed by atoms with van der Waals surface area (Å²) in [6.45, 7) is 5.12. The third-order valence-corrected chi connectivity index (χ3v) is 3.35. The van der Waals surface area contributed by atoms with Crippen LogP contribution in [0, 0.1) is 5.82 Å². The van der Waals surface area contributed by atoms with Gasteiger partial charge in [-0.15, -0.1) is 0 Å². The van der Waals surface area contributed by atoms with E-state index in [2.05, 4.69) is 14.3 Å². The topological polar surface area (TPSA) is 100 Å². The van der Waals surface area contributed by atoms with Crippen LogP contribution in [0.2, 0.25) is 0 Å². The van der Waals surface area contributed by atoms with E-state index >= 15 is 0 Å². The van der Waals surface area contributed by atoms with E-state index < -0.39 is 27.5 Å². The summed E-state index contributed by atoms with van der Waals surface area (Å²) < 4.78 is 47.7. The predicted molar refractivity (Wildman–Crippen MR) is 87.0 cm³/mol. The van der Waals surface area contributed by atoms with Crippen LogP contribution in [-0.4, -0.2) is 41.0 Å². The van der Waals surface area contributed by atoms with Crippen molar-refractivity contribution in [2.75, 3.05) is 6.26 Å². The van der Waals surface area contributed by atoms with Gasteiger partial charge in [-0.05, 0) is 20.8 Å². The van der Waals surface area contributed by atoms with E-state index in [1.54, 1.807) is 20.8 Å². The lowest BCUT2D eigenvalue weighted by Gasteiger charge is -2.19. The second kappa shape index (κ2) is 6.43. The normalized spacial score (nSPS) is 12.1. The molecule has 0 aliphatic rings. The number of esters is 1. The Labute approximate surface area is 144 Å². The average Bonchev–Trinajstić information content (AvgIpc) is 2.76. The van der Waals surface area contributed by atoms with Gasteiger partial charge in [0.05, 0.1) is 24.2 Å². The van der Waals surface area contributed by atoms with E-state index in [9.17, 15) is 17.6 Å². The number of nitrogens with zero attached hydrogens (tertiary/aromatic N) is 3. The van der Waals surface area contributed by atoms with Crippen molar-refractivity contribution in [1.82, 2.24) is 14.8 Å². The lowest BCUT2D eigenvalue weighted by Crippen LogP contribution is -2.25. The molecule has 2 heterocycles. The summed E-state index contributed by atoms with van der Waals surface area (Å²) in [5.74, 6) is -1.81. The van der Waals surface area contributed by atoms with Crippen LogP contribution in [0.25, 0.3) is 11.3 Å². The smallest absolute Gasteiger partial charge is 0.357 e. The summed E-state index contributed by atoms with van der Waals surface area (Å²) in [5.41, 5.74) is -0.759. The van der Waals surface area contributed by atoms with Crippen molar-refractivity contribution in [2.24, 2.45) is 7.05 Å². The average molecular weight is 371 g/mol. The molecule has 0 amide bonds. The summed E-state index contributed by atoms with van der Waals surface area (Å²) in [7, 11) is -2.29. The van der Waals surface area contributed by atoms with Gasteiger partial charge >= 0.3 is 16.1 Å². The minimum Gasteiger partial charge on any atom is -0.455 e. The molecule has 0 bridgehead atoms. The Morgan fingerprint density at radius 1 is 1.28 bits per heavy atom. The van der Waals surface area contributed by atoms with Crippen molar-refractivity contribution in [1.29, 1.82) is 0 Å². The van der Waals surface area contributed by atoms with Gasteiger partial charge in [-0.1, -0.05) is 0 Å². The molecule has 8 nitrogen and oxygen atoms in total. The van der Waals surface area contributed by atoms with Gasteiger partial charge < -0.3 is 8.92 Å². The van der Waals surface area contributed by atoms with Gasteiger partial charge in [-0.3, -0.25) is 4.68 Å². The van der Waals surface area contributed by atoms with Crippen LogP contribution in [0.15, 0.2) is 18.5 Å². The van der Waals surface area contributed by atoms with Gasteiger partial charge in [0, 0.05) is 13.1 Å². The van der Waals surface area contributed by atoms with Crippen LogP contribution >= 0.6 is 0 Å². The molecular formula is C15H18FN3O5S. The number of aryl methyl sites for hydroxylation is 1. The summed E-state index contributed by atoms with van der Waals surface area (Å²) in [4.78, 5) is 16.2. The number of halogens is 1. The number of hydrogen-bond acceptors (Lipinski definition) is 7. The zero-order chi connectivity index (χ0) is 19.0. The van der Waals surface area contributed by atoms with Crippen molar-refractivity contribution in [3.05, 3.63) is 30.0 Å². The Hall–Kier alpha value is -2.49. The third-order valence-electron chi connectivity index (χ3n) is 2.85. The van der Waals surface area contributed by atoms with Gasteiger partial charge in [0.25, 0.3) is 0 Å². The van der Waals surface area contributed by atoms with Gasteiger partial charge in [0.1, 0.15) is 11.3 Å². The van der Waals surface area contributed by atoms with Crippen molar-refractivity contribution < 1.29 is 26.5 Å². The maximum Gasteiger partial charge on any atom is 0.357 e. The molecule has 0 N–H and O–H groups in total. The molecule has 0 aliphatic carbocycles. The van der Waals surface area contributed by atoms with Crippen LogP contribution in [0.5, 0.6) is 5.75 Å². The SMILES string of the molecule is Cn1ncc(-c2ncc(OS(C)(=O)=O)cc2F)c1C(=O)OC(C)(C)C. The monoisotopic (exact) mass is 371 g/mol. The Morgan fingerprint density at radius 2 is 1.92 bits per heavy atom. The minimum absolute atomic E-state index is 0.0260. The number of carbonyl (C=O) groups is 1. The Balaban J connectivity index is 2.45. The van der Waals surface area contributed by atoms with Crippen molar-refractivity contribution in [3.63, 3.8) is 0 Å². The molecule has 2 rings (SSSR count). The van der Waals surface area contributed by atoms with E-state index in [-0.39, 0.29) is 22.7 Å². The predicted octanol–water partition coefficient (Wildman–Crippen LogP) is 1.91. The summed E-state index contributed by atoms with van der Waals surface area (Å²) in [6, 6.07) is 0.870. The number of rotatable bonds is 4. The second-order valence-electron chi connectivity index (χ2n) is 6.32. The van der Waals surface area contributed by atoms with Crippen molar-refractivity contribution in [2.45, 2.75) is 26.4 Å². The molecule has 0 atom stereocenters. The molecule has 25 heavy (non-hydrogen) atoms. The number of pyridine rings is 1. The van der Waals surface area contributed by atoms with Crippen LogP contribution in [0.1, 0.15) is 31.3 Å². The molecule has 0 unspecified atom stereocenters. The van der Waals surface area contributed by atoms with Crippen LogP contribution < -0.4 is 4.18 Å². The molecular weight excluding hydrogens is 353 g/mol. The fraction of sp³-hybridized carbons (Fsp3) is 0.400. The molecule has 0 saturated carbocycles. The highest BCUT2D eigenvalue weighted by Gasteiger charge is 2.26. The van der Waals surface area contributed by atoms with Crippen LogP contribution in [0.4, 0.5) is 4.39 Å². The van der Waals surface area contributed by atoms with Gasteiger partial charge in [0.15, 0.2) is 17.3 Å². The van der Waals surface area contributed by atoms with E-state index in [0.29, 0.717) is 0 Å². The van der Waals surface area contributed by atoms with Crippen molar-refractivity contribution >= 4 is 16.1 Å². The molecule has 0 radical (unpaired) electrons. The van der Waals surface area contributed by atoms with Crippen LogP contribution in [0.3, 0.4) is 0 Å². The molecule has 0 saturated heterocycles. The van der Waals surface area contributed by atoms with Crippen molar-refractivity contribution in [3.8, 4) is 17.0 Å². The lowest BCUT2D eigenvalue weighted by atomic mass is 10.1. The molecule has 0 fully saturated rings. The van der Waals surface area contributed by atoms with Gasteiger partial charge in [0.2, 0.25) is 0 Å². The Morgan fingerprint density at radius 3 is 2.44 bits per heavy atom. The first-order chi connectivity index (χ1) is 11.4. The summed E-state index contributed by atoms with van der Waals surface area (Å²) in [6.07, 6.45) is 3.16. The number of carbonyl (C=O) groups excluding carboxylic acids is 1. The highest BCUT2D eigenvalue weighted by molar-refractivity contribution is 7.86. The van der Waals surface area contributed by atoms with E-state index in [1.807, 2.05) is 0 Å². The minimum atomic E-state index is -3.81. The summed E-state index contributed by atoms with van der Waals surface area (Å²) >= 11 is 0. The van der Waals surface area contributed by atoms with Gasteiger partial charge in [-0.25, -0.2) is 14.2 Å². The number of ether oxygens (including phenoxy) is 1. The maximum atomic E-state index is 14.4. The molecule has 0 aromatic carbocycles. The fourth-order valence-electron chi connectivity index (χ4n) is 2.02.